The Morgan fingerprint density at radius 2 is 1.93 bits per heavy atom. The molecule has 0 aromatic heterocycles. The van der Waals surface area contributed by atoms with Crippen molar-refractivity contribution in [3.63, 3.8) is 0 Å². The van der Waals surface area contributed by atoms with E-state index in [1.165, 1.54) is 38.0 Å². The summed E-state index contributed by atoms with van der Waals surface area (Å²) in [6, 6.07) is 8.27. The van der Waals surface area contributed by atoms with Crippen LogP contribution in [-0.4, -0.2) is 56.5 Å². The smallest absolute Gasteiger partial charge is 0.227 e. The van der Waals surface area contributed by atoms with Crippen LogP contribution in [0.3, 0.4) is 0 Å². The number of piperidine rings is 1. The SMILES string of the molecule is CN=C(NCc1ccc(N2CCCC2=O)cc1)NCC1CCCN(CC(C)C)C1.I. The minimum Gasteiger partial charge on any atom is -0.356 e. The number of likely N-dealkylation sites (tertiary alicyclic amines) is 1. The Hall–Kier alpha value is -1.35. The summed E-state index contributed by atoms with van der Waals surface area (Å²) in [5, 5.41) is 6.92. The van der Waals surface area contributed by atoms with Gasteiger partial charge in [0.05, 0.1) is 0 Å². The fraction of sp³-hybridized carbons (Fsp3) is 0.652. The van der Waals surface area contributed by atoms with Crippen molar-refractivity contribution in [2.24, 2.45) is 16.8 Å². The number of aliphatic imine (C=N–C) groups is 1. The summed E-state index contributed by atoms with van der Waals surface area (Å²) in [4.78, 5) is 20.7. The van der Waals surface area contributed by atoms with Crippen LogP contribution >= 0.6 is 24.0 Å². The maximum atomic E-state index is 11.9. The zero-order chi connectivity index (χ0) is 20.6. The molecule has 1 atom stereocenters. The van der Waals surface area contributed by atoms with E-state index in [-0.39, 0.29) is 29.9 Å². The minimum atomic E-state index is 0. The summed E-state index contributed by atoms with van der Waals surface area (Å²) in [6.07, 6.45) is 4.20. The van der Waals surface area contributed by atoms with Gasteiger partial charge in [0.1, 0.15) is 0 Å². The van der Waals surface area contributed by atoms with E-state index in [4.69, 9.17) is 0 Å². The van der Waals surface area contributed by atoms with Gasteiger partial charge in [0, 0.05) is 51.9 Å². The van der Waals surface area contributed by atoms with Gasteiger partial charge >= 0.3 is 0 Å². The van der Waals surface area contributed by atoms with Crippen molar-refractivity contribution in [3.05, 3.63) is 29.8 Å². The van der Waals surface area contributed by atoms with Crippen LogP contribution < -0.4 is 15.5 Å². The second-order valence-corrected chi connectivity index (χ2v) is 8.78. The van der Waals surface area contributed by atoms with Gasteiger partial charge in [0.2, 0.25) is 5.91 Å². The molecular formula is C23H38IN5O. The molecule has 30 heavy (non-hydrogen) atoms. The number of rotatable bonds is 7. The second kappa shape index (κ2) is 12.5. The highest BCUT2D eigenvalue weighted by Gasteiger charge is 2.22. The molecule has 1 unspecified atom stereocenters. The van der Waals surface area contributed by atoms with E-state index in [2.05, 4.69) is 46.5 Å². The lowest BCUT2D eigenvalue weighted by Crippen LogP contribution is -2.44. The lowest BCUT2D eigenvalue weighted by Gasteiger charge is -2.34. The zero-order valence-corrected chi connectivity index (χ0v) is 21.0. The second-order valence-electron chi connectivity index (χ2n) is 8.78. The van der Waals surface area contributed by atoms with Gasteiger partial charge in [-0.3, -0.25) is 9.79 Å². The molecule has 2 heterocycles. The van der Waals surface area contributed by atoms with Gasteiger partial charge in [-0.05, 0) is 55.3 Å². The van der Waals surface area contributed by atoms with Crippen LogP contribution in [0, 0.1) is 11.8 Å². The molecule has 0 saturated carbocycles. The van der Waals surface area contributed by atoms with Crippen molar-refractivity contribution in [1.29, 1.82) is 0 Å². The monoisotopic (exact) mass is 527 g/mol. The summed E-state index contributed by atoms with van der Waals surface area (Å²) in [5.41, 5.74) is 2.19. The number of carbonyl (C=O) groups excluding carboxylic acids is 1. The van der Waals surface area contributed by atoms with Gasteiger partial charge in [0.25, 0.3) is 0 Å². The molecule has 0 radical (unpaired) electrons. The number of carbonyl (C=O) groups is 1. The standard InChI is InChI=1S/C23H37N5O.HI/c1-18(2)16-27-12-4-6-20(17-27)15-26-23(24-3)25-14-19-8-10-21(11-9-19)28-13-5-7-22(28)29;/h8-11,18,20H,4-7,12-17H2,1-3H3,(H2,24,25,26);1H. The van der Waals surface area contributed by atoms with Crippen LogP contribution in [0.1, 0.15) is 45.1 Å². The number of nitrogens with one attached hydrogen (secondary N) is 2. The Labute approximate surface area is 198 Å². The van der Waals surface area contributed by atoms with E-state index in [1.54, 1.807) is 0 Å². The molecule has 0 spiro atoms. The fourth-order valence-corrected chi connectivity index (χ4v) is 4.36. The summed E-state index contributed by atoms with van der Waals surface area (Å²) in [5.74, 6) is 2.49. The van der Waals surface area contributed by atoms with Gasteiger partial charge in [-0.15, -0.1) is 24.0 Å². The van der Waals surface area contributed by atoms with Crippen LogP contribution in [0.15, 0.2) is 29.3 Å². The Kier molecular flexibility index (Phi) is 10.4. The lowest BCUT2D eigenvalue weighted by molar-refractivity contribution is -0.117. The van der Waals surface area contributed by atoms with Gasteiger partial charge in [-0.1, -0.05) is 26.0 Å². The van der Waals surface area contributed by atoms with E-state index < -0.39 is 0 Å². The average Bonchev–Trinajstić information content (AvgIpc) is 3.14. The molecule has 1 aromatic rings. The van der Waals surface area contributed by atoms with Crippen LogP contribution in [0.2, 0.25) is 0 Å². The number of guanidine groups is 1. The van der Waals surface area contributed by atoms with Crippen molar-refractivity contribution in [2.45, 2.75) is 46.1 Å². The molecule has 2 aliphatic rings. The van der Waals surface area contributed by atoms with Crippen LogP contribution in [0.5, 0.6) is 0 Å². The highest BCUT2D eigenvalue weighted by atomic mass is 127. The Morgan fingerprint density at radius 1 is 1.17 bits per heavy atom. The average molecular weight is 527 g/mol. The van der Waals surface area contributed by atoms with Crippen molar-refractivity contribution in [1.82, 2.24) is 15.5 Å². The first-order valence-corrected chi connectivity index (χ1v) is 11.1. The van der Waals surface area contributed by atoms with Crippen LogP contribution in [0.25, 0.3) is 0 Å². The third kappa shape index (κ3) is 7.41. The molecule has 7 heteroatoms. The first kappa shape index (κ1) is 24.9. The Morgan fingerprint density at radius 3 is 2.57 bits per heavy atom. The summed E-state index contributed by atoms with van der Waals surface area (Å²) >= 11 is 0. The molecule has 2 saturated heterocycles. The van der Waals surface area contributed by atoms with Gasteiger partial charge in [0.15, 0.2) is 5.96 Å². The summed E-state index contributed by atoms with van der Waals surface area (Å²) in [7, 11) is 1.82. The first-order valence-electron chi connectivity index (χ1n) is 11.1. The number of amides is 1. The summed E-state index contributed by atoms with van der Waals surface area (Å²) in [6.45, 7) is 10.7. The molecular weight excluding hydrogens is 489 g/mol. The topological polar surface area (TPSA) is 60.0 Å². The fourth-order valence-electron chi connectivity index (χ4n) is 4.36. The Bertz CT molecular complexity index is 691. The molecule has 2 aliphatic heterocycles. The molecule has 6 nitrogen and oxygen atoms in total. The van der Waals surface area contributed by atoms with E-state index >= 15 is 0 Å². The normalized spacial score (nSPS) is 20.4. The third-order valence-electron chi connectivity index (χ3n) is 5.79. The highest BCUT2D eigenvalue weighted by molar-refractivity contribution is 14.0. The lowest BCUT2D eigenvalue weighted by atomic mass is 9.97. The van der Waals surface area contributed by atoms with E-state index in [0.29, 0.717) is 12.3 Å². The number of hydrogen-bond donors (Lipinski definition) is 2. The van der Waals surface area contributed by atoms with Gasteiger partial charge < -0.3 is 20.4 Å². The highest BCUT2D eigenvalue weighted by Crippen LogP contribution is 2.21. The minimum absolute atomic E-state index is 0. The predicted octanol–water partition coefficient (Wildman–Crippen LogP) is 3.46. The largest absolute Gasteiger partial charge is 0.356 e. The molecule has 3 rings (SSSR count). The number of hydrogen-bond acceptors (Lipinski definition) is 3. The predicted molar refractivity (Wildman–Crippen MR) is 136 cm³/mol. The van der Waals surface area contributed by atoms with Crippen molar-refractivity contribution in [2.75, 3.05) is 44.7 Å². The molecule has 2 N–H and O–H groups in total. The van der Waals surface area contributed by atoms with Crippen molar-refractivity contribution in [3.8, 4) is 0 Å². The molecule has 2 fully saturated rings. The van der Waals surface area contributed by atoms with E-state index in [1.807, 2.05) is 24.1 Å². The van der Waals surface area contributed by atoms with E-state index in [0.717, 1.165) is 43.6 Å². The van der Waals surface area contributed by atoms with Gasteiger partial charge in [-0.25, -0.2) is 0 Å². The quantitative estimate of drug-likeness (QED) is 0.324. The molecule has 1 aromatic carbocycles. The number of benzene rings is 1. The van der Waals surface area contributed by atoms with E-state index in [9.17, 15) is 4.79 Å². The molecule has 0 aliphatic carbocycles. The number of anilines is 1. The maximum absolute atomic E-state index is 11.9. The number of nitrogens with zero attached hydrogens (tertiary/aromatic N) is 3. The summed E-state index contributed by atoms with van der Waals surface area (Å²) < 4.78 is 0. The maximum Gasteiger partial charge on any atom is 0.227 e. The third-order valence-corrected chi connectivity index (χ3v) is 5.79. The molecule has 168 valence electrons. The van der Waals surface area contributed by atoms with Crippen LogP contribution in [0.4, 0.5) is 5.69 Å². The van der Waals surface area contributed by atoms with Crippen LogP contribution in [-0.2, 0) is 11.3 Å². The Balaban J connectivity index is 0.00000320. The molecule has 1 amide bonds. The van der Waals surface area contributed by atoms with Gasteiger partial charge in [-0.2, -0.15) is 0 Å². The molecule has 0 bridgehead atoms. The van der Waals surface area contributed by atoms with Crippen molar-refractivity contribution >= 4 is 41.5 Å². The zero-order valence-electron chi connectivity index (χ0n) is 18.7. The van der Waals surface area contributed by atoms with Crippen molar-refractivity contribution < 1.29 is 4.79 Å². The first-order chi connectivity index (χ1) is 14.0. The number of halogens is 1.